The summed E-state index contributed by atoms with van der Waals surface area (Å²) in [5.41, 5.74) is 1.60. The van der Waals surface area contributed by atoms with E-state index in [0.717, 1.165) is 0 Å². The topological polar surface area (TPSA) is 93.7 Å². The summed E-state index contributed by atoms with van der Waals surface area (Å²) in [6.07, 6.45) is -0.223. The fourth-order valence-electron chi connectivity index (χ4n) is 2.41. The number of nitriles is 1. The van der Waals surface area contributed by atoms with Gasteiger partial charge in [-0.15, -0.1) is 10.2 Å². The molecule has 0 atom stereocenters. The van der Waals surface area contributed by atoms with E-state index >= 15 is 0 Å². The van der Waals surface area contributed by atoms with Crippen LogP contribution in [-0.2, 0) is 11.3 Å². The zero-order chi connectivity index (χ0) is 19.4. The minimum absolute atomic E-state index is 0.0312. The number of aromatic nitrogens is 4. The van der Waals surface area contributed by atoms with Gasteiger partial charge in [0.05, 0.1) is 29.8 Å². The van der Waals surface area contributed by atoms with Gasteiger partial charge in [0, 0.05) is 11.1 Å². The van der Waals surface area contributed by atoms with Gasteiger partial charge in [0.2, 0.25) is 5.82 Å². The number of esters is 1. The first-order chi connectivity index (χ1) is 13.0. The molecule has 0 saturated heterocycles. The molecule has 2 aromatic carbocycles. The fourth-order valence-corrected chi connectivity index (χ4v) is 2.41. The summed E-state index contributed by atoms with van der Waals surface area (Å²) in [6, 6.07) is 12.7. The third-order valence-electron chi connectivity index (χ3n) is 3.64. The van der Waals surface area contributed by atoms with Crippen LogP contribution in [0.4, 0.5) is 4.39 Å². The lowest BCUT2D eigenvalue weighted by molar-refractivity contribution is 0.0378. The molecule has 0 fully saturated rings. The quantitative estimate of drug-likeness (QED) is 0.645. The van der Waals surface area contributed by atoms with Gasteiger partial charge in [0.15, 0.2) is 0 Å². The van der Waals surface area contributed by atoms with Crippen LogP contribution in [0.2, 0.25) is 0 Å². The molecular formula is C19H16FN5O2. The summed E-state index contributed by atoms with van der Waals surface area (Å²) >= 11 is 0. The van der Waals surface area contributed by atoms with E-state index in [1.807, 2.05) is 6.07 Å². The van der Waals surface area contributed by atoms with Crippen molar-refractivity contribution in [3.63, 3.8) is 0 Å². The molecular weight excluding hydrogens is 349 g/mol. The molecule has 0 aliphatic heterocycles. The van der Waals surface area contributed by atoms with E-state index in [0.29, 0.717) is 22.5 Å². The molecule has 0 bridgehead atoms. The predicted molar refractivity (Wildman–Crippen MR) is 94.0 cm³/mol. The van der Waals surface area contributed by atoms with Gasteiger partial charge in [-0.25, -0.2) is 9.18 Å². The lowest BCUT2D eigenvalue weighted by Gasteiger charge is -2.08. The third kappa shape index (κ3) is 4.33. The standard InChI is InChI=1S/C19H16FN5O2/c1-12(2)27-19(26)15-5-3-4-14(9-15)18-22-24-25(23-18)11-16-8-13(10-21)6-7-17(16)20/h3-9,12H,11H2,1-2H3. The molecule has 7 nitrogen and oxygen atoms in total. The number of hydrogen-bond donors (Lipinski definition) is 0. The van der Waals surface area contributed by atoms with Crippen molar-refractivity contribution < 1.29 is 13.9 Å². The number of rotatable bonds is 5. The van der Waals surface area contributed by atoms with Gasteiger partial charge in [-0.2, -0.15) is 10.1 Å². The number of benzene rings is 2. The van der Waals surface area contributed by atoms with Gasteiger partial charge in [-0.05, 0) is 49.4 Å². The number of ether oxygens (including phenoxy) is 1. The molecule has 0 spiro atoms. The summed E-state index contributed by atoms with van der Waals surface area (Å²) < 4.78 is 19.1. The molecule has 27 heavy (non-hydrogen) atoms. The van der Waals surface area contributed by atoms with E-state index in [9.17, 15) is 9.18 Å². The van der Waals surface area contributed by atoms with Crippen molar-refractivity contribution in [2.24, 2.45) is 0 Å². The molecule has 0 saturated carbocycles. The first kappa shape index (κ1) is 18.2. The number of hydrogen-bond acceptors (Lipinski definition) is 6. The van der Waals surface area contributed by atoms with Gasteiger partial charge in [-0.3, -0.25) is 0 Å². The second-order valence-corrected chi connectivity index (χ2v) is 6.10. The lowest BCUT2D eigenvalue weighted by Crippen LogP contribution is -2.11. The minimum atomic E-state index is -0.453. The Balaban J connectivity index is 1.82. The second kappa shape index (κ2) is 7.74. The number of tetrazole rings is 1. The highest BCUT2D eigenvalue weighted by molar-refractivity contribution is 5.90. The molecule has 136 valence electrons. The van der Waals surface area contributed by atoms with Gasteiger partial charge in [-0.1, -0.05) is 12.1 Å². The van der Waals surface area contributed by atoms with Crippen LogP contribution < -0.4 is 0 Å². The maximum absolute atomic E-state index is 13.9. The van der Waals surface area contributed by atoms with Crippen LogP contribution in [0.5, 0.6) is 0 Å². The Labute approximate surface area is 155 Å². The van der Waals surface area contributed by atoms with E-state index in [1.165, 1.54) is 23.0 Å². The molecule has 3 rings (SSSR count). The van der Waals surface area contributed by atoms with Crippen LogP contribution in [0.25, 0.3) is 11.4 Å². The Morgan fingerprint density at radius 3 is 2.85 bits per heavy atom. The zero-order valence-electron chi connectivity index (χ0n) is 14.8. The highest BCUT2D eigenvalue weighted by Crippen LogP contribution is 2.17. The molecule has 8 heteroatoms. The number of halogens is 1. The molecule has 0 N–H and O–H groups in total. The monoisotopic (exact) mass is 365 g/mol. The summed E-state index contributed by atoms with van der Waals surface area (Å²) in [5.74, 6) is -0.591. The van der Waals surface area contributed by atoms with Crippen molar-refractivity contribution in [3.05, 3.63) is 65.0 Å². The normalized spacial score (nSPS) is 10.6. The third-order valence-corrected chi connectivity index (χ3v) is 3.64. The Hall–Kier alpha value is -3.60. The summed E-state index contributed by atoms with van der Waals surface area (Å²) in [7, 11) is 0. The second-order valence-electron chi connectivity index (χ2n) is 6.10. The maximum Gasteiger partial charge on any atom is 0.338 e. The van der Waals surface area contributed by atoms with Crippen molar-refractivity contribution >= 4 is 5.97 Å². The molecule has 0 unspecified atom stereocenters. The predicted octanol–water partition coefficient (Wildman–Crippen LogP) is 2.96. The highest BCUT2D eigenvalue weighted by Gasteiger charge is 2.13. The average Bonchev–Trinajstić information content (AvgIpc) is 3.12. The Morgan fingerprint density at radius 2 is 2.11 bits per heavy atom. The molecule has 1 aromatic heterocycles. The molecule has 0 radical (unpaired) electrons. The zero-order valence-corrected chi connectivity index (χ0v) is 14.8. The first-order valence-corrected chi connectivity index (χ1v) is 8.24. The minimum Gasteiger partial charge on any atom is -0.459 e. The number of carbonyl (C=O) groups is 1. The van der Waals surface area contributed by atoms with Crippen molar-refractivity contribution in [2.45, 2.75) is 26.5 Å². The first-order valence-electron chi connectivity index (χ1n) is 8.24. The van der Waals surface area contributed by atoms with Crippen LogP contribution in [0, 0.1) is 17.1 Å². The fraction of sp³-hybridized carbons (Fsp3) is 0.211. The van der Waals surface area contributed by atoms with Crippen molar-refractivity contribution in [1.29, 1.82) is 5.26 Å². The summed E-state index contributed by atoms with van der Waals surface area (Å²) in [5, 5.41) is 21.0. The summed E-state index contributed by atoms with van der Waals surface area (Å²) in [4.78, 5) is 13.3. The Morgan fingerprint density at radius 1 is 1.30 bits per heavy atom. The van der Waals surface area contributed by atoms with Crippen LogP contribution in [-0.4, -0.2) is 32.3 Å². The highest BCUT2D eigenvalue weighted by atomic mass is 19.1. The van der Waals surface area contributed by atoms with Crippen LogP contribution in [0.15, 0.2) is 42.5 Å². The van der Waals surface area contributed by atoms with Gasteiger partial charge >= 0.3 is 5.97 Å². The van der Waals surface area contributed by atoms with E-state index in [-0.39, 0.29) is 18.2 Å². The van der Waals surface area contributed by atoms with E-state index in [1.54, 1.807) is 38.1 Å². The van der Waals surface area contributed by atoms with Crippen molar-refractivity contribution in [2.75, 3.05) is 0 Å². The van der Waals surface area contributed by atoms with Crippen LogP contribution >= 0.6 is 0 Å². The Kier molecular flexibility index (Phi) is 5.22. The van der Waals surface area contributed by atoms with Crippen molar-refractivity contribution in [3.8, 4) is 17.5 Å². The van der Waals surface area contributed by atoms with Gasteiger partial charge < -0.3 is 4.74 Å². The molecule has 3 aromatic rings. The number of carbonyl (C=O) groups excluding carboxylic acids is 1. The van der Waals surface area contributed by atoms with E-state index in [2.05, 4.69) is 15.4 Å². The number of nitrogens with zero attached hydrogens (tertiary/aromatic N) is 5. The smallest absolute Gasteiger partial charge is 0.338 e. The lowest BCUT2D eigenvalue weighted by atomic mass is 10.1. The average molecular weight is 365 g/mol. The van der Waals surface area contributed by atoms with Crippen LogP contribution in [0.1, 0.15) is 35.3 Å². The van der Waals surface area contributed by atoms with E-state index < -0.39 is 11.8 Å². The SMILES string of the molecule is CC(C)OC(=O)c1cccc(-c2nnn(Cc3cc(C#N)ccc3F)n2)c1. The van der Waals surface area contributed by atoms with Crippen molar-refractivity contribution in [1.82, 2.24) is 20.2 Å². The Bertz CT molecular complexity index is 1020. The van der Waals surface area contributed by atoms with E-state index in [4.69, 9.17) is 10.00 Å². The maximum atomic E-state index is 13.9. The van der Waals surface area contributed by atoms with Crippen LogP contribution in [0.3, 0.4) is 0 Å². The molecule has 1 heterocycles. The molecule has 0 aliphatic carbocycles. The van der Waals surface area contributed by atoms with Gasteiger partial charge in [0.1, 0.15) is 5.82 Å². The largest absolute Gasteiger partial charge is 0.459 e. The molecule has 0 aliphatic rings. The summed E-state index contributed by atoms with van der Waals surface area (Å²) in [6.45, 7) is 3.58. The van der Waals surface area contributed by atoms with Gasteiger partial charge in [0.25, 0.3) is 0 Å². The molecule has 0 amide bonds.